The number of nitrogens with one attached hydrogen (secondary N) is 1. The van der Waals surface area contributed by atoms with Gasteiger partial charge in [-0.2, -0.15) is 0 Å². The first-order chi connectivity index (χ1) is 9.97. The first-order valence-electron chi connectivity index (χ1n) is 6.65. The smallest absolute Gasteiger partial charge is 0.229 e. The lowest BCUT2D eigenvalue weighted by Gasteiger charge is -2.13. The molecule has 0 atom stereocenters. The standard InChI is InChI=1S/C14H16ClN3O3/c15-10-4-3-9(8-11(10)16)17-12(19)2-1-7-18-13(20)5-6-14(18)21/h3-4,8H,1-2,5-7,16H2,(H,17,19). The van der Waals surface area contributed by atoms with E-state index in [0.29, 0.717) is 22.8 Å². The van der Waals surface area contributed by atoms with Crippen LogP contribution in [-0.2, 0) is 14.4 Å². The molecular weight excluding hydrogens is 294 g/mol. The maximum atomic E-state index is 11.8. The molecule has 1 aromatic rings. The summed E-state index contributed by atoms with van der Waals surface area (Å²) < 4.78 is 0. The monoisotopic (exact) mass is 309 g/mol. The zero-order valence-corrected chi connectivity index (χ0v) is 12.2. The van der Waals surface area contributed by atoms with E-state index in [1.54, 1.807) is 18.2 Å². The molecule has 0 radical (unpaired) electrons. The third-order valence-electron chi connectivity index (χ3n) is 3.22. The summed E-state index contributed by atoms with van der Waals surface area (Å²) in [5, 5.41) is 3.12. The molecule has 3 amide bonds. The van der Waals surface area contributed by atoms with Crippen molar-refractivity contribution in [3.8, 4) is 0 Å². The Labute approximate surface area is 127 Å². The van der Waals surface area contributed by atoms with Crippen molar-refractivity contribution in [3.63, 3.8) is 0 Å². The third kappa shape index (κ3) is 3.95. The maximum Gasteiger partial charge on any atom is 0.229 e. The van der Waals surface area contributed by atoms with Gasteiger partial charge in [0.1, 0.15) is 0 Å². The normalized spacial score (nSPS) is 14.6. The second-order valence-electron chi connectivity index (χ2n) is 4.83. The van der Waals surface area contributed by atoms with Crippen LogP contribution in [0.15, 0.2) is 18.2 Å². The Bertz CT molecular complexity index is 573. The fourth-order valence-corrected chi connectivity index (χ4v) is 2.23. The number of nitrogen functional groups attached to an aromatic ring is 1. The lowest BCUT2D eigenvalue weighted by atomic mass is 10.2. The fraction of sp³-hybridized carbons (Fsp3) is 0.357. The van der Waals surface area contributed by atoms with Gasteiger partial charge in [0.15, 0.2) is 0 Å². The van der Waals surface area contributed by atoms with Crippen LogP contribution < -0.4 is 11.1 Å². The first-order valence-corrected chi connectivity index (χ1v) is 7.03. The minimum absolute atomic E-state index is 0.161. The summed E-state index contributed by atoms with van der Waals surface area (Å²) in [6, 6.07) is 4.84. The van der Waals surface area contributed by atoms with E-state index in [1.807, 2.05) is 0 Å². The zero-order valence-electron chi connectivity index (χ0n) is 11.4. The summed E-state index contributed by atoms with van der Waals surface area (Å²) in [4.78, 5) is 35.8. The highest BCUT2D eigenvalue weighted by Crippen LogP contribution is 2.22. The van der Waals surface area contributed by atoms with Crippen LogP contribution in [0.5, 0.6) is 0 Å². The number of hydrogen-bond donors (Lipinski definition) is 2. The highest BCUT2D eigenvalue weighted by molar-refractivity contribution is 6.33. The van der Waals surface area contributed by atoms with Gasteiger partial charge in [0, 0.05) is 31.5 Å². The Balaban J connectivity index is 1.78. The van der Waals surface area contributed by atoms with Gasteiger partial charge < -0.3 is 11.1 Å². The van der Waals surface area contributed by atoms with E-state index in [1.165, 1.54) is 4.90 Å². The lowest BCUT2D eigenvalue weighted by molar-refractivity contribution is -0.138. The van der Waals surface area contributed by atoms with Crippen LogP contribution in [0.1, 0.15) is 25.7 Å². The summed E-state index contributed by atoms with van der Waals surface area (Å²) in [5.41, 5.74) is 6.60. The van der Waals surface area contributed by atoms with Gasteiger partial charge in [-0.15, -0.1) is 0 Å². The molecule has 3 N–H and O–H groups in total. The third-order valence-corrected chi connectivity index (χ3v) is 3.56. The molecule has 1 fully saturated rings. The minimum atomic E-state index is -0.198. The van der Waals surface area contributed by atoms with Gasteiger partial charge in [-0.3, -0.25) is 19.3 Å². The number of anilines is 2. The fourth-order valence-electron chi connectivity index (χ4n) is 2.11. The van der Waals surface area contributed by atoms with Crippen molar-refractivity contribution in [2.45, 2.75) is 25.7 Å². The summed E-state index contributed by atoms with van der Waals surface area (Å²) in [6.45, 7) is 0.286. The van der Waals surface area contributed by atoms with Gasteiger partial charge in [-0.05, 0) is 24.6 Å². The van der Waals surface area contributed by atoms with Gasteiger partial charge >= 0.3 is 0 Å². The molecule has 1 saturated heterocycles. The van der Waals surface area contributed by atoms with Crippen molar-refractivity contribution in [3.05, 3.63) is 23.2 Å². The number of benzene rings is 1. The number of nitrogens with zero attached hydrogens (tertiary/aromatic N) is 1. The Hall–Kier alpha value is -2.08. The van der Waals surface area contributed by atoms with E-state index in [0.717, 1.165) is 0 Å². The highest BCUT2D eigenvalue weighted by Gasteiger charge is 2.28. The molecule has 0 unspecified atom stereocenters. The molecular formula is C14H16ClN3O3. The van der Waals surface area contributed by atoms with Crippen molar-refractivity contribution in [2.75, 3.05) is 17.6 Å². The van der Waals surface area contributed by atoms with E-state index >= 15 is 0 Å². The van der Waals surface area contributed by atoms with Gasteiger partial charge in [-0.1, -0.05) is 11.6 Å². The highest BCUT2D eigenvalue weighted by atomic mass is 35.5. The average Bonchev–Trinajstić information content (AvgIpc) is 2.74. The summed E-state index contributed by atoms with van der Waals surface area (Å²) in [7, 11) is 0. The number of carbonyl (C=O) groups excluding carboxylic acids is 3. The Morgan fingerprint density at radius 3 is 2.57 bits per heavy atom. The molecule has 0 aliphatic carbocycles. The van der Waals surface area contributed by atoms with Crippen molar-refractivity contribution in [1.29, 1.82) is 0 Å². The van der Waals surface area contributed by atoms with Crippen LogP contribution in [0.2, 0.25) is 5.02 Å². The molecule has 0 aromatic heterocycles. The van der Waals surface area contributed by atoms with Crippen LogP contribution in [0.3, 0.4) is 0 Å². The Morgan fingerprint density at radius 2 is 1.95 bits per heavy atom. The molecule has 1 aliphatic rings. The summed E-state index contributed by atoms with van der Waals surface area (Å²) in [6.07, 6.45) is 1.20. The Kier molecular flexibility index (Phi) is 4.80. The zero-order chi connectivity index (χ0) is 15.4. The van der Waals surface area contributed by atoms with Crippen molar-refractivity contribution in [1.82, 2.24) is 4.90 Å². The molecule has 0 bridgehead atoms. The van der Waals surface area contributed by atoms with E-state index < -0.39 is 0 Å². The van der Waals surface area contributed by atoms with Crippen LogP contribution in [0.25, 0.3) is 0 Å². The number of amides is 3. The number of nitrogens with two attached hydrogens (primary N) is 1. The number of halogens is 1. The van der Waals surface area contributed by atoms with E-state index in [2.05, 4.69) is 5.32 Å². The average molecular weight is 310 g/mol. The minimum Gasteiger partial charge on any atom is -0.397 e. The van der Waals surface area contributed by atoms with Crippen LogP contribution >= 0.6 is 11.6 Å². The Morgan fingerprint density at radius 1 is 1.29 bits per heavy atom. The van der Waals surface area contributed by atoms with E-state index in [-0.39, 0.29) is 43.5 Å². The van der Waals surface area contributed by atoms with Crippen LogP contribution in [0.4, 0.5) is 11.4 Å². The molecule has 1 aliphatic heterocycles. The molecule has 0 saturated carbocycles. The second-order valence-corrected chi connectivity index (χ2v) is 5.23. The second kappa shape index (κ2) is 6.58. The molecule has 1 heterocycles. The number of carbonyl (C=O) groups is 3. The molecule has 112 valence electrons. The molecule has 7 heteroatoms. The maximum absolute atomic E-state index is 11.8. The topological polar surface area (TPSA) is 92.5 Å². The van der Waals surface area contributed by atoms with E-state index in [9.17, 15) is 14.4 Å². The van der Waals surface area contributed by atoms with Crippen molar-refractivity contribution < 1.29 is 14.4 Å². The van der Waals surface area contributed by atoms with Gasteiger partial charge in [0.05, 0.1) is 10.7 Å². The molecule has 2 rings (SSSR count). The molecule has 21 heavy (non-hydrogen) atoms. The molecule has 0 spiro atoms. The van der Waals surface area contributed by atoms with Gasteiger partial charge in [0.2, 0.25) is 17.7 Å². The first kappa shape index (κ1) is 15.3. The van der Waals surface area contributed by atoms with Crippen molar-refractivity contribution in [2.24, 2.45) is 0 Å². The number of rotatable bonds is 5. The van der Waals surface area contributed by atoms with Gasteiger partial charge in [-0.25, -0.2) is 0 Å². The number of imide groups is 1. The van der Waals surface area contributed by atoms with Gasteiger partial charge in [0.25, 0.3) is 0 Å². The molecule has 1 aromatic carbocycles. The van der Waals surface area contributed by atoms with Crippen LogP contribution in [0, 0.1) is 0 Å². The predicted molar refractivity (Wildman–Crippen MR) is 79.7 cm³/mol. The number of likely N-dealkylation sites (tertiary alicyclic amines) is 1. The van der Waals surface area contributed by atoms with Crippen LogP contribution in [-0.4, -0.2) is 29.2 Å². The summed E-state index contributed by atoms with van der Waals surface area (Å²) in [5.74, 6) is -0.521. The number of hydrogen-bond acceptors (Lipinski definition) is 4. The lowest BCUT2D eigenvalue weighted by Crippen LogP contribution is -2.30. The van der Waals surface area contributed by atoms with Crippen molar-refractivity contribution >= 4 is 40.7 Å². The SMILES string of the molecule is Nc1cc(NC(=O)CCCN2C(=O)CCC2=O)ccc1Cl. The molecule has 6 nitrogen and oxygen atoms in total. The quantitative estimate of drug-likeness (QED) is 0.640. The predicted octanol–water partition coefficient (Wildman–Crippen LogP) is 1.79. The van der Waals surface area contributed by atoms with E-state index in [4.69, 9.17) is 17.3 Å². The largest absolute Gasteiger partial charge is 0.397 e. The summed E-state index contributed by atoms with van der Waals surface area (Å²) >= 11 is 5.79.